The van der Waals surface area contributed by atoms with E-state index in [0.717, 1.165) is 74.3 Å². The number of esters is 1. The first kappa shape index (κ1) is 26.5. The monoisotopic (exact) mass is 520 g/mol. The summed E-state index contributed by atoms with van der Waals surface area (Å²) in [7, 11) is 1.43. The van der Waals surface area contributed by atoms with Gasteiger partial charge in [-0.15, -0.1) is 0 Å². The van der Waals surface area contributed by atoms with Crippen molar-refractivity contribution in [2.45, 2.75) is 76.9 Å². The largest absolute Gasteiger partial charge is 0.494 e. The van der Waals surface area contributed by atoms with Crippen LogP contribution in [0.3, 0.4) is 0 Å². The number of aryl methyl sites for hydroxylation is 1. The van der Waals surface area contributed by atoms with E-state index in [9.17, 15) is 9.59 Å². The molecule has 7 heteroatoms. The standard InChI is InChI=1S/C31H40N2O5/c1-4-6-7-22-8-12-25(13-9-22)33-21-31(38-30(33)35)14-16-32(17-15-31)20-24-18-26(23-10-11-23)27(29(34)36-3)19-28(24)37-5-2/h8-9,12-13,18-19,23H,4-7,10-11,14-17,20-21H2,1-3H3. The van der Waals surface area contributed by atoms with E-state index in [-0.39, 0.29) is 12.1 Å². The van der Waals surface area contributed by atoms with Crippen molar-refractivity contribution in [3.8, 4) is 5.75 Å². The molecule has 2 aliphatic heterocycles. The number of carbonyl (C=O) groups excluding carboxylic acids is 2. The van der Waals surface area contributed by atoms with Gasteiger partial charge in [-0.1, -0.05) is 25.5 Å². The van der Waals surface area contributed by atoms with Crippen molar-refractivity contribution in [3.63, 3.8) is 0 Å². The molecule has 0 aromatic heterocycles. The van der Waals surface area contributed by atoms with E-state index >= 15 is 0 Å². The van der Waals surface area contributed by atoms with Crippen molar-refractivity contribution < 1.29 is 23.8 Å². The Morgan fingerprint density at radius 3 is 2.47 bits per heavy atom. The molecular formula is C31H40N2O5. The molecule has 1 aliphatic carbocycles. The van der Waals surface area contributed by atoms with Gasteiger partial charge in [-0.3, -0.25) is 9.80 Å². The third-order valence-electron chi connectivity index (χ3n) is 8.15. The average Bonchev–Trinajstić information content (AvgIpc) is 3.73. The molecule has 204 valence electrons. The van der Waals surface area contributed by atoms with Crippen molar-refractivity contribution in [2.75, 3.05) is 38.3 Å². The van der Waals surface area contributed by atoms with Gasteiger partial charge in [0.15, 0.2) is 0 Å². The molecule has 0 N–H and O–H groups in total. The Hall–Kier alpha value is -3.06. The van der Waals surface area contributed by atoms with Gasteiger partial charge in [-0.2, -0.15) is 0 Å². The van der Waals surface area contributed by atoms with Crippen LogP contribution in [0.15, 0.2) is 36.4 Å². The molecule has 2 aromatic carbocycles. The van der Waals surface area contributed by atoms with E-state index in [1.54, 1.807) is 4.90 Å². The summed E-state index contributed by atoms with van der Waals surface area (Å²) < 4.78 is 17.0. The summed E-state index contributed by atoms with van der Waals surface area (Å²) >= 11 is 0. The van der Waals surface area contributed by atoms with Crippen LogP contribution in [0.2, 0.25) is 0 Å². The van der Waals surface area contributed by atoms with Gasteiger partial charge < -0.3 is 14.2 Å². The van der Waals surface area contributed by atoms with Gasteiger partial charge in [0.2, 0.25) is 0 Å². The predicted molar refractivity (Wildman–Crippen MR) is 147 cm³/mol. The van der Waals surface area contributed by atoms with Crippen molar-refractivity contribution in [1.82, 2.24) is 4.90 Å². The molecule has 3 fully saturated rings. The molecule has 0 radical (unpaired) electrons. The number of amides is 1. The smallest absolute Gasteiger partial charge is 0.415 e. The van der Waals surface area contributed by atoms with Gasteiger partial charge in [0.25, 0.3) is 0 Å². The topological polar surface area (TPSA) is 68.3 Å². The van der Waals surface area contributed by atoms with E-state index in [2.05, 4.69) is 30.0 Å². The molecule has 2 saturated heterocycles. The number of methoxy groups -OCH3 is 1. The number of hydrogen-bond acceptors (Lipinski definition) is 6. The molecule has 3 aliphatic rings. The second-order valence-corrected chi connectivity index (χ2v) is 10.9. The predicted octanol–water partition coefficient (Wildman–Crippen LogP) is 6.08. The van der Waals surface area contributed by atoms with Crippen molar-refractivity contribution in [3.05, 3.63) is 58.7 Å². The maximum Gasteiger partial charge on any atom is 0.415 e. The fourth-order valence-corrected chi connectivity index (χ4v) is 5.74. The molecule has 38 heavy (non-hydrogen) atoms. The van der Waals surface area contributed by atoms with Gasteiger partial charge in [0.1, 0.15) is 11.4 Å². The van der Waals surface area contributed by atoms with Gasteiger partial charge >= 0.3 is 12.1 Å². The first-order valence-electron chi connectivity index (χ1n) is 14.1. The fraction of sp³-hybridized carbons (Fsp3) is 0.548. The molecule has 7 nitrogen and oxygen atoms in total. The molecule has 0 atom stereocenters. The summed E-state index contributed by atoms with van der Waals surface area (Å²) in [5.41, 5.74) is 4.58. The van der Waals surface area contributed by atoms with E-state index in [1.165, 1.54) is 25.5 Å². The summed E-state index contributed by atoms with van der Waals surface area (Å²) in [4.78, 5) is 29.5. The number of nitrogens with zero attached hydrogens (tertiary/aromatic N) is 2. The zero-order valence-corrected chi connectivity index (χ0v) is 23.0. The van der Waals surface area contributed by atoms with Crippen molar-refractivity contribution >= 4 is 17.7 Å². The second-order valence-electron chi connectivity index (χ2n) is 10.9. The number of anilines is 1. The number of unbranched alkanes of at least 4 members (excludes halogenated alkanes) is 1. The minimum atomic E-state index is -0.439. The zero-order valence-electron chi connectivity index (χ0n) is 23.0. The van der Waals surface area contributed by atoms with E-state index in [1.807, 2.05) is 25.1 Å². The molecule has 5 rings (SSSR count). The lowest BCUT2D eigenvalue weighted by molar-refractivity contribution is -0.00113. The van der Waals surface area contributed by atoms with Gasteiger partial charge in [0, 0.05) is 43.7 Å². The lowest BCUT2D eigenvalue weighted by atomic mass is 9.90. The maximum atomic E-state index is 12.8. The summed E-state index contributed by atoms with van der Waals surface area (Å²) in [6.07, 6.45) is 6.97. The first-order valence-corrected chi connectivity index (χ1v) is 14.1. The third-order valence-corrected chi connectivity index (χ3v) is 8.15. The van der Waals surface area contributed by atoms with Crippen LogP contribution in [0.1, 0.15) is 85.3 Å². The van der Waals surface area contributed by atoms with Crippen LogP contribution in [0.5, 0.6) is 5.75 Å². The Bertz CT molecular complexity index is 1150. The van der Waals surface area contributed by atoms with Crippen LogP contribution in [-0.4, -0.2) is 55.9 Å². The van der Waals surface area contributed by atoms with Crippen molar-refractivity contribution in [2.24, 2.45) is 0 Å². The highest BCUT2D eigenvalue weighted by molar-refractivity contribution is 5.92. The zero-order chi connectivity index (χ0) is 26.7. The SMILES string of the molecule is CCCCc1ccc(N2CC3(CCN(Cc4cc(C5CC5)c(C(=O)OC)cc4OCC)CC3)OC2=O)cc1. The van der Waals surface area contributed by atoms with E-state index < -0.39 is 5.60 Å². The molecule has 2 heterocycles. The molecule has 1 saturated carbocycles. The highest BCUT2D eigenvalue weighted by atomic mass is 16.6. The summed E-state index contributed by atoms with van der Waals surface area (Å²) in [6, 6.07) is 12.4. The minimum Gasteiger partial charge on any atom is -0.494 e. The fourth-order valence-electron chi connectivity index (χ4n) is 5.74. The first-order chi connectivity index (χ1) is 18.4. The quantitative estimate of drug-likeness (QED) is 0.354. The number of benzene rings is 2. The van der Waals surface area contributed by atoms with Crippen LogP contribution < -0.4 is 9.64 Å². The maximum absolute atomic E-state index is 12.8. The minimum absolute atomic E-state index is 0.245. The summed E-state index contributed by atoms with van der Waals surface area (Å²) in [5.74, 6) is 0.869. The Morgan fingerprint density at radius 1 is 1.11 bits per heavy atom. The van der Waals surface area contributed by atoms with Crippen LogP contribution in [-0.2, 0) is 22.4 Å². The Morgan fingerprint density at radius 2 is 1.84 bits per heavy atom. The number of likely N-dealkylation sites (tertiary alicyclic amines) is 1. The number of ether oxygens (including phenoxy) is 3. The molecule has 0 bridgehead atoms. The second kappa shape index (κ2) is 11.4. The highest BCUT2D eigenvalue weighted by Crippen LogP contribution is 2.44. The molecule has 1 spiro atoms. The van der Waals surface area contributed by atoms with E-state index in [0.29, 0.717) is 24.6 Å². The Kier molecular flexibility index (Phi) is 7.93. The Labute approximate surface area is 226 Å². The number of rotatable bonds is 10. The Balaban J connectivity index is 1.25. The lowest BCUT2D eigenvalue weighted by Gasteiger charge is -2.37. The van der Waals surface area contributed by atoms with Crippen LogP contribution >= 0.6 is 0 Å². The molecule has 1 amide bonds. The normalized spacial score (nSPS) is 19.0. The van der Waals surface area contributed by atoms with E-state index in [4.69, 9.17) is 14.2 Å². The van der Waals surface area contributed by atoms with Crippen LogP contribution in [0, 0.1) is 0 Å². The molecular weight excluding hydrogens is 480 g/mol. The van der Waals surface area contributed by atoms with Crippen LogP contribution in [0.4, 0.5) is 10.5 Å². The molecule has 2 aromatic rings. The van der Waals surface area contributed by atoms with Gasteiger partial charge in [0.05, 0.1) is 25.8 Å². The van der Waals surface area contributed by atoms with Crippen molar-refractivity contribution in [1.29, 1.82) is 0 Å². The van der Waals surface area contributed by atoms with Crippen LogP contribution in [0.25, 0.3) is 0 Å². The third kappa shape index (κ3) is 5.68. The molecule has 0 unspecified atom stereocenters. The number of piperidine rings is 1. The number of carbonyl (C=O) groups is 2. The van der Waals surface area contributed by atoms with Gasteiger partial charge in [-0.05, 0) is 73.9 Å². The lowest BCUT2D eigenvalue weighted by Crippen LogP contribution is -2.46. The highest BCUT2D eigenvalue weighted by Gasteiger charge is 2.47. The number of hydrogen-bond donors (Lipinski definition) is 0. The summed E-state index contributed by atoms with van der Waals surface area (Å²) in [6.45, 7) is 7.69. The average molecular weight is 521 g/mol. The van der Waals surface area contributed by atoms with Gasteiger partial charge in [-0.25, -0.2) is 9.59 Å². The summed E-state index contributed by atoms with van der Waals surface area (Å²) in [5, 5.41) is 0.